The summed E-state index contributed by atoms with van der Waals surface area (Å²) in [5, 5.41) is 0. The minimum atomic E-state index is -4.36. The number of alkyl halides is 3. The average molecular weight is 443 g/mol. The Kier molecular flexibility index (Phi) is 6.32. The zero-order chi connectivity index (χ0) is 22.7. The zero-order valence-corrected chi connectivity index (χ0v) is 17.9. The monoisotopic (exact) mass is 443 g/mol. The molecule has 0 saturated carbocycles. The molecule has 0 aliphatic carbocycles. The van der Waals surface area contributed by atoms with Gasteiger partial charge in [-0.25, -0.2) is 9.97 Å². The molecule has 0 atom stereocenters. The van der Waals surface area contributed by atoms with Crippen molar-refractivity contribution in [3.63, 3.8) is 0 Å². The first kappa shape index (κ1) is 22.1. The highest BCUT2D eigenvalue weighted by molar-refractivity contribution is 5.56. The van der Waals surface area contributed by atoms with E-state index in [-0.39, 0.29) is 0 Å². The van der Waals surface area contributed by atoms with Gasteiger partial charge in [0.1, 0.15) is 0 Å². The Hall–Kier alpha value is -3.13. The number of ether oxygens (including phenoxy) is 2. The molecule has 0 unspecified atom stereocenters. The molecule has 5 nitrogen and oxygen atoms in total. The molecule has 0 N–H and O–H groups in total. The van der Waals surface area contributed by atoms with Gasteiger partial charge in [-0.2, -0.15) is 13.2 Å². The van der Waals surface area contributed by atoms with Gasteiger partial charge in [-0.15, -0.1) is 0 Å². The molecule has 0 fully saturated rings. The van der Waals surface area contributed by atoms with Crippen LogP contribution >= 0.6 is 0 Å². The van der Waals surface area contributed by atoms with Gasteiger partial charge in [-0.3, -0.25) is 4.90 Å². The van der Waals surface area contributed by atoms with Crippen molar-refractivity contribution in [2.24, 2.45) is 0 Å². The van der Waals surface area contributed by atoms with Crippen molar-refractivity contribution >= 4 is 0 Å². The van der Waals surface area contributed by atoms with E-state index >= 15 is 0 Å². The SMILES string of the molecule is CCOc1c(CN2CCc3nc(-c4ccc(C(F)(F)F)cc4)ncc3C2)cccc1OC. The summed E-state index contributed by atoms with van der Waals surface area (Å²) in [6.45, 7) is 4.69. The van der Waals surface area contributed by atoms with Crippen LogP contribution in [0.25, 0.3) is 11.4 Å². The highest BCUT2D eigenvalue weighted by atomic mass is 19.4. The van der Waals surface area contributed by atoms with Gasteiger partial charge in [0.05, 0.1) is 25.0 Å². The number of fused-ring (bicyclic) bond motifs is 1. The second-order valence-corrected chi connectivity index (χ2v) is 7.58. The van der Waals surface area contributed by atoms with Crippen LogP contribution in [-0.2, 0) is 25.7 Å². The maximum absolute atomic E-state index is 12.8. The first-order valence-electron chi connectivity index (χ1n) is 10.4. The van der Waals surface area contributed by atoms with Crippen LogP contribution in [0, 0.1) is 0 Å². The molecule has 4 rings (SSSR count). The number of methoxy groups -OCH3 is 1. The van der Waals surface area contributed by atoms with Gasteiger partial charge in [0.25, 0.3) is 0 Å². The minimum Gasteiger partial charge on any atom is -0.493 e. The number of para-hydroxylation sites is 1. The molecule has 0 amide bonds. The summed E-state index contributed by atoms with van der Waals surface area (Å²) in [6, 6.07) is 10.8. The first-order valence-corrected chi connectivity index (χ1v) is 10.4. The number of nitrogens with zero attached hydrogens (tertiary/aromatic N) is 3. The van der Waals surface area contributed by atoms with Crippen LogP contribution < -0.4 is 9.47 Å². The summed E-state index contributed by atoms with van der Waals surface area (Å²) in [7, 11) is 1.63. The van der Waals surface area contributed by atoms with Crippen LogP contribution in [0.3, 0.4) is 0 Å². The smallest absolute Gasteiger partial charge is 0.416 e. The predicted octanol–water partition coefficient (Wildman–Crippen LogP) is 5.13. The maximum Gasteiger partial charge on any atom is 0.416 e. The maximum atomic E-state index is 12.8. The van der Waals surface area contributed by atoms with E-state index in [0.29, 0.717) is 36.8 Å². The summed E-state index contributed by atoms with van der Waals surface area (Å²) >= 11 is 0. The van der Waals surface area contributed by atoms with E-state index in [2.05, 4.69) is 14.9 Å². The largest absolute Gasteiger partial charge is 0.493 e. The Labute approximate surface area is 184 Å². The average Bonchev–Trinajstić information content (AvgIpc) is 2.79. The fourth-order valence-electron chi connectivity index (χ4n) is 3.85. The quantitative estimate of drug-likeness (QED) is 0.529. The summed E-state index contributed by atoms with van der Waals surface area (Å²) < 4.78 is 49.7. The number of halogens is 3. The van der Waals surface area contributed by atoms with Crippen LogP contribution in [0.5, 0.6) is 11.5 Å². The molecule has 0 saturated heterocycles. The lowest BCUT2D eigenvalue weighted by atomic mass is 10.0. The van der Waals surface area contributed by atoms with Crippen LogP contribution in [0.2, 0.25) is 0 Å². The van der Waals surface area contributed by atoms with Crippen LogP contribution in [0.15, 0.2) is 48.7 Å². The molecule has 8 heteroatoms. The molecule has 1 aliphatic heterocycles. The van der Waals surface area contributed by atoms with Crippen molar-refractivity contribution in [2.75, 3.05) is 20.3 Å². The summed E-state index contributed by atoms with van der Waals surface area (Å²) in [6.07, 6.45) is -1.85. The lowest BCUT2D eigenvalue weighted by molar-refractivity contribution is -0.137. The molecule has 0 spiro atoms. The van der Waals surface area contributed by atoms with E-state index in [1.807, 2.05) is 25.1 Å². The van der Waals surface area contributed by atoms with Crippen molar-refractivity contribution in [3.05, 3.63) is 71.0 Å². The van der Waals surface area contributed by atoms with Crippen molar-refractivity contribution in [2.45, 2.75) is 32.6 Å². The van der Waals surface area contributed by atoms with Gasteiger partial charge in [0.15, 0.2) is 17.3 Å². The lowest BCUT2D eigenvalue weighted by Crippen LogP contribution is -2.31. The molecule has 0 radical (unpaired) electrons. The lowest BCUT2D eigenvalue weighted by Gasteiger charge is -2.29. The number of hydrogen-bond donors (Lipinski definition) is 0. The molecule has 1 aliphatic rings. The van der Waals surface area contributed by atoms with Crippen molar-refractivity contribution in [1.29, 1.82) is 0 Å². The molecule has 3 aromatic rings. The second kappa shape index (κ2) is 9.16. The second-order valence-electron chi connectivity index (χ2n) is 7.58. The van der Waals surface area contributed by atoms with Crippen LogP contribution in [0.1, 0.15) is 29.3 Å². The topological polar surface area (TPSA) is 47.5 Å². The fourth-order valence-corrected chi connectivity index (χ4v) is 3.85. The fraction of sp³-hybridized carbons (Fsp3) is 0.333. The van der Waals surface area contributed by atoms with Gasteiger partial charge in [0.2, 0.25) is 0 Å². The van der Waals surface area contributed by atoms with E-state index in [1.165, 1.54) is 12.1 Å². The third-order valence-corrected chi connectivity index (χ3v) is 5.45. The molecule has 1 aromatic heterocycles. The van der Waals surface area contributed by atoms with E-state index in [1.54, 1.807) is 13.3 Å². The van der Waals surface area contributed by atoms with Gasteiger partial charge in [-0.1, -0.05) is 24.3 Å². The molecule has 2 aromatic carbocycles. The van der Waals surface area contributed by atoms with Crippen LogP contribution in [0.4, 0.5) is 13.2 Å². The van der Waals surface area contributed by atoms with Crippen LogP contribution in [-0.4, -0.2) is 35.1 Å². The highest BCUT2D eigenvalue weighted by Gasteiger charge is 2.30. The Morgan fingerprint density at radius 3 is 2.56 bits per heavy atom. The first-order chi connectivity index (χ1) is 15.4. The Balaban J connectivity index is 1.50. The Morgan fingerprint density at radius 2 is 1.88 bits per heavy atom. The molecular weight excluding hydrogens is 419 g/mol. The number of rotatable bonds is 6. The third kappa shape index (κ3) is 4.70. The molecule has 2 heterocycles. The third-order valence-electron chi connectivity index (χ3n) is 5.45. The van der Waals surface area contributed by atoms with E-state index < -0.39 is 11.7 Å². The Bertz CT molecular complexity index is 1080. The van der Waals surface area contributed by atoms with Gasteiger partial charge in [-0.05, 0) is 25.1 Å². The standard InChI is InChI=1S/C24H24F3N3O2/c1-3-32-22-17(5-4-6-21(22)31-2)14-30-12-11-20-18(15-30)13-28-23(29-20)16-7-9-19(10-8-16)24(25,26)27/h4-10,13H,3,11-12,14-15H2,1-2H3. The summed E-state index contributed by atoms with van der Waals surface area (Å²) in [4.78, 5) is 11.3. The number of hydrogen-bond acceptors (Lipinski definition) is 5. The van der Waals surface area contributed by atoms with Gasteiger partial charge < -0.3 is 9.47 Å². The molecule has 0 bridgehead atoms. The van der Waals surface area contributed by atoms with Gasteiger partial charge >= 0.3 is 6.18 Å². The molecule has 168 valence electrons. The van der Waals surface area contributed by atoms with Gasteiger partial charge in [0, 0.05) is 48.9 Å². The van der Waals surface area contributed by atoms with E-state index in [9.17, 15) is 13.2 Å². The van der Waals surface area contributed by atoms with Crippen molar-refractivity contribution in [1.82, 2.24) is 14.9 Å². The molecular formula is C24H24F3N3O2. The summed E-state index contributed by atoms with van der Waals surface area (Å²) in [5.74, 6) is 1.92. The predicted molar refractivity (Wildman–Crippen MR) is 114 cm³/mol. The Morgan fingerprint density at radius 1 is 1.09 bits per heavy atom. The van der Waals surface area contributed by atoms with E-state index in [4.69, 9.17) is 9.47 Å². The normalized spacial score (nSPS) is 14.2. The number of aromatic nitrogens is 2. The minimum absolute atomic E-state index is 0.442. The van der Waals surface area contributed by atoms with Crippen molar-refractivity contribution < 1.29 is 22.6 Å². The van der Waals surface area contributed by atoms with E-state index in [0.717, 1.165) is 47.7 Å². The molecule has 32 heavy (non-hydrogen) atoms. The highest BCUT2D eigenvalue weighted by Crippen LogP contribution is 2.33. The number of benzene rings is 2. The van der Waals surface area contributed by atoms with Crippen molar-refractivity contribution in [3.8, 4) is 22.9 Å². The zero-order valence-electron chi connectivity index (χ0n) is 17.9. The summed E-state index contributed by atoms with van der Waals surface area (Å²) in [5.41, 5.74) is 2.89.